The Bertz CT molecular complexity index is 552. The Kier molecular flexibility index (Phi) is 4.70. The van der Waals surface area contributed by atoms with Gasteiger partial charge in [-0.25, -0.2) is 4.79 Å². The van der Waals surface area contributed by atoms with Crippen LogP contribution in [0.4, 0.5) is 4.79 Å². The fourth-order valence-electron chi connectivity index (χ4n) is 1.88. The summed E-state index contributed by atoms with van der Waals surface area (Å²) in [5.74, 6) is 0. The van der Waals surface area contributed by atoms with Crippen LogP contribution in [0.5, 0.6) is 0 Å². The normalized spacial score (nSPS) is 11.9. The minimum absolute atomic E-state index is 0.0675. The van der Waals surface area contributed by atoms with E-state index in [1.165, 1.54) is 0 Å². The van der Waals surface area contributed by atoms with Crippen molar-refractivity contribution in [2.24, 2.45) is 7.05 Å². The minimum atomic E-state index is -0.176. The molecule has 1 atom stereocenters. The van der Waals surface area contributed by atoms with Gasteiger partial charge in [0.05, 0.1) is 12.2 Å². The first-order chi connectivity index (χ1) is 9.65. The van der Waals surface area contributed by atoms with Crippen LogP contribution in [0, 0.1) is 0 Å². The van der Waals surface area contributed by atoms with Gasteiger partial charge in [-0.2, -0.15) is 5.10 Å². The SMILES string of the molecule is CC(NC(=O)NCCc1cnn(C)c1)c1cccnc1. The Morgan fingerprint density at radius 1 is 1.45 bits per heavy atom. The molecule has 106 valence electrons. The Labute approximate surface area is 118 Å². The predicted octanol–water partition coefficient (Wildman–Crippen LogP) is 1.42. The summed E-state index contributed by atoms with van der Waals surface area (Å²) in [6.45, 7) is 2.51. The van der Waals surface area contributed by atoms with Crippen LogP contribution in [-0.2, 0) is 13.5 Å². The van der Waals surface area contributed by atoms with Crippen molar-refractivity contribution in [2.75, 3.05) is 6.54 Å². The summed E-state index contributed by atoms with van der Waals surface area (Å²) in [5.41, 5.74) is 2.09. The van der Waals surface area contributed by atoms with E-state index in [2.05, 4.69) is 20.7 Å². The van der Waals surface area contributed by atoms with Crippen molar-refractivity contribution in [3.05, 3.63) is 48.0 Å². The molecule has 0 saturated carbocycles. The lowest BCUT2D eigenvalue weighted by atomic mass is 10.1. The number of nitrogens with zero attached hydrogens (tertiary/aromatic N) is 3. The molecule has 2 amide bonds. The third-order valence-electron chi connectivity index (χ3n) is 2.99. The van der Waals surface area contributed by atoms with Gasteiger partial charge in [0.15, 0.2) is 0 Å². The van der Waals surface area contributed by atoms with E-state index < -0.39 is 0 Å². The number of carbonyl (C=O) groups is 1. The molecule has 0 spiro atoms. The predicted molar refractivity (Wildman–Crippen MR) is 76.1 cm³/mol. The van der Waals surface area contributed by atoms with Gasteiger partial charge in [0, 0.05) is 32.2 Å². The van der Waals surface area contributed by atoms with Crippen LogP contribution in [0.15, 0.2) is 36.9 Å². The highest BCUT2D eigenvalue weighted by Crippen LogP contribution is 2.09. The minimum Gasteiger partial charge on any atom is -0.338 e. The second-order valence-corrected chi connectivity index (χ2v) is 4.68. The number of nitrogens with one attached hydrogen (secondary N) is 2. The molecule has 0 aliphatic carbocycles. The number of hydrogen-bond acceptors (Lipinski definition) is 3. The van der Waals surface area contributed by atoms with Gasteiger partial charge in [-0.3, -0.25) is 9.67 Å². The monoisotopic (exact) mass is 273 g/mol. The van der Waals surface area contributed by atoms with E-state index >= 15 is 0 Å². The van der Waals surface area contributed by atoms with Crippen LogP contribution in [0.25, 0.3) is 0 Å². The van der Waals surface area contributed by atoms with Crippen molar-refractivity contribution in [3.63, 3.8) is 0 Å². The molecule has 2 rings (SSSR count). The number of aryl methyl sites for hydroxylation is 1. The van der Waals surface area contributed by atoms with Gasteiger partial charge in [-0.15, -0.1) is 0 Å². The van der Waals surface area contributed by atoms with Crippen LogP contribution < -0.4 is 10.6 Å². The standard InChI is InChI=1S/C14H19N5O/c1-11(13-4-3-6-15-9-13)18-14(20)16-7-5-12-8-17-19(2)10-12/h3-4,6,8-11H,5,7H2,1-2H3,(H2,16,18,20). The summed E-state index contributed by atoms with van der Waals surface area (Å²) in [6.07, 6.45) is 7.98. The number of hydrogen-bond donors (Lipinski definition) is 2. The van der Waals surface area contributed by atoms with Crippen molar-refractivity contribution in [1.29, 1.82) is 0 Å². The Morgan fingerprint density at radius 2 is 2.30 bits per heavy atom. The molecule has 0 aromatic carbocycles. The summed E-state index contributed by atoms with van der Waals surface area (Å²) in [7, 11) is 1.87. The Balaban J connectivity index is 1.73. The fourth-order valence-corrected chi connectivity index (χ4v) is 1.88. The van der Waals surface area contributed by atoms with Gasteiger partial charge >= 0.3 is 6.03 Å². The Morgan fingerprint density at radius 3 is 2.95 bits per heavy atom. The molecule has 0 aliphatic rings. The fraction of sp³-hybridized carbons (Fsp3) is 0.357. The lowest BCUT2D eigenvalue weighted by molar-refractivity contribution is 0.238. The summed E-state index contributed by atoms with van der Waals surface area (Å²) in [4.78, 5) is 15.8. The molecular formula is C14H19N5O. The highest BCUT2D eigenvalue weighted by atomic mass is 16.2. The number of urea groups is 1. The topological polar surface area (TPSA) is 71.8 Å². The summed E-state index contributed by atoms with van der Waals surface area (Å²) < 4.78 is 1.75. The van der Waals surface area contributed by atoms with Crippen molar-refractivity contribution >= 4 is 6.03 Å². The molecule has 1 unspecified atom stereocenters. The highest BCUT2D eigenvalue weighted by molar-refractivity contribution is 5.74. The quantitative estimate of drug-likeness (QED) is 0.865. The second kappa shape index (κ2) is 6.70. The van der Waals surface area contributed by atoms with Crippen molar-refractivity contribution in [2.45, 2.75) is 19.4 Å². The highest BCUT2D eigenvalue weighted by Gasteiger charge is 2.08. The van der Waals surface area contributed by atoms with E-state index in [9.17, 15) is 4.79 Å². The van der Waals surface area contributed by atoms with E-state index in [-0.39, 0.29) is 12.1 Å². The first-order valence-corrected chi connectivity index (χ1v) is 6.57. The van der Waals surface area contributed by atoms with Crippen molar-refractivity contribution in [3.8, 4) is 0 Å². The van der Waals surface area contributed by atoms with Gasteiger partial charge in [0.25, 0.3) is 0 Å². The molecule has 6 heteroatoms. The summed E-state index contributed by atoms with van der Waals surface area (Å²) in [5, 5.41) is 9.79. The Hall–Kier alpha value is -2.37. The maximum absolute atomic E-state index is 11.8. The average molecular weight is 273 g/mol. The molecule has 2 heterocycles. The number of carbonyl (C=O) groups excluding carboxylic acids is 1. The van der Waals surface area contributed by atoms with Crippen molar-refractivity contribution < 1.29 is 4.79 Å². The maximum Gasteiger partial charge on any atom is 0.315 e. The van der Waals surface area contributed by atoms with Gasteiger partial charge < -0.3 is 10.6 Å². The molecule has 6 nitrogen and oxygen atoms in total. The number of pyridine rings is 1. The molecule has 20 heavy (non-hydrogen) atoms. The number of rotatable bonds is 5. The van der Waals surface area contributed by atoms with E-state index in [1.807, 2.05) is 32.3 Å². The van der Waals surface area contributed by atoms with E-state index in [0.717, 1.165) is 17.5 Å². The van der Waals surface area contributed by atoms with Crippen LogP contribution >= 0.6 is 0 Å². The molecular weight excluding hydrogens is 254 g/mol. The third kappa shape index (κ3) is 4.08. The number of amides is 2. The smallest absolute Gasteiger partial charge is 0.315 e. The first kappa shape index (κ1) is 14.0. The maximum atomic E-state index is 11.8. The van der Waals surface area contributed by atoms with Gasteiger partial charge in [0.2, 0.25) is 0 Å². The zero-order chi connectivity index (χ0) is 14.4. The van der Waals surface area contributed by atoms with Gasteiger partial charge in [-0.1, -0.05) is 6.07 Å². The molecule has 0 radical (unpaired) electrons. The zero-order valence-electron chi connectivity index (χ0n) is 11.7. The lowest BCUT2D eigenvalue weighted by Gasteiger charge is -2.14. The van der Waals surface area contributed by atoms with Crippen LogP contribution in [-0.4, -0.2) is 27.3 Å². The molecule has 0 saturated heterocycles. The molecule has 2 aromatic rings. The zero-order valence-corrected chi connectivity index (χ0v) is 11.7. The molecule has 2 N–H and O–H groups in total. The van der Waals surface area contributed by atoms with E-state index in [1.54, 1.807) is 23.3 Å². The van der Waals surface area contributed by atoms with Crippen LogP contribution in [0.3, 0.4) is 0 Å². The number of aromatic nitrogens is 3. The molecule has 0 bridgehead atoms. The molecule has 0 aliphatic heterocycles. The van der Waals surface area contributed by atoms with E-state index in [4.69, 9.17) is 0 Å². The largest absolute Gasteiger partial charge is 0.338 e. The molecule has 2 aromatic heterocycles. The summed E-state index contributed by atoms with van der Waals surface area (Å²) in [6, 6.07) is 3.55. The third-order valence-corrected chi connectivity index (χ3v) is 2.99. The summed E-state index contributed by atoms with van der Waals surface area (Å²) >= 11 is 0. The lowest BCUT2D eigenvalue weighted by Crippen LogP contribution is -2.38. The van der Waals surface area contributed by atoms with Gasteiger partial charge in [-0.05, 0) is 30.5 Å². The first-order valence-electron chi connectivity index (χ1n) is 6.57. The average Bonchev–Trinajstić information content (AvgIpc) is 2.85. The van der Waals surface area contributed by atoms with Crippen LogP contribution in [0.1, 0.15) is 24.1 Å². The van der Waals surface area contributed by atoms with Crippen LogP contribution in [0.2, 0.25) is 0 Å². The second-order valence-electron chi connectivity index (χ2n) is 4.68. The van der Waals surface area contributed by atoms with E-state index in [0.29, 0.717) is 6.54 Å². The van der Waals surface area contributed by atoms with Gasteiger partial charge in [0.1, 0.15) is 0 Å². The van der Waals surface area contributed by atoms with Crippen molar-refractivity contribution in [1.82, 2.24) is 25.4 Å². The molecule has 0 fully saturated rings.